The summed E-state index contributed by atoms with van der Waals surface area (Å²) < 4.78 is 0. The molecule has 0 spiro atoms. The van der Waals surface area contributed by atoms with Crippen molar-refractivity contribution >= 4 is 33.2 Å². The third-order valence-electron chi connectivity index (χ3n) is 3.26. The Balaban J connectivity index is 1.97. The number of aliphatic hydroxyl groups excluding tert-OH is 1. The van der Waals surface area contributed by atoms with Gasteiger partial charge in [-0.3, -0.25) is 0 Å². The van der Waals surface area contributed by atoms with Crippen LogP contribution in [0.25, 0.3) is 10.2 Å². The fourth-order valence-corrected chi connectivity index (χ4v) is 3.36. The van der Waals surface area contributed by atoms with Crippen molar-refractivity contribution in [3.05, 3.63) is 28.2 Å². The predicted octanol–water partition coefficient (Wildman–Crippen LogP) is 3.78. The summed E-state index contributed by atoms with van der Waals surface area (Å²) in [5.41, 5.74) is 0. The lowest BCUT2D eigenvalue weighted by atomic mass is 9.80. The maximum Gasteiger partial charge on any atom is 0.130 e. The Morgan fingerprint density at radius 3 is 2.94 bits per heavy atom. The molecule has 16 heavy (non-hydrogen) atoms. The topological polar surface area (TPSA) is 33.1 Å². The van der Waals surface area contributed by atoms with Crippen LogP contribution in [0.2, 0.25) is 5.15 Å². The van der Waals surface area contributed by atoms with Gasteiger partial charge in [0, 0.05) is 10.3 Å². The smallest absolute Gasteiger partial charge is 0.130 e. The van der Waals surface area contributed by atoms with E-state index in [4.69, 9.17) is 11.6 Å². The van der Waals surface area contributed by atoms with Crippen LogP contribution in [0, 0.1) is 5.92 Å². The van der Waals surface area contributed by atoms with E-state index in [9.17, 15) is 5.11 Å². The number of aromatic nitrogens is 1. The van der Waals surface area contributed by atoms with Gasteiger partial charge in [0.2, 0.25) is 0 Å². The molecule has 2 heterocycles. The molecule has 0 saturated heterocycles. The van der Waals surface area contributed by atoms with E-state index in [1.165, 1.54) is 6.42 Å². The van der Waals surface area contributed by atoms with Gasteiger partial charge in [-0.05, 0) is 37.0 Å². The van der Waals surface area contributed by atoms with E-state index in [-0.39, 0.29) is 6.10 Å². The number of hydrogen-bond donors (Lipinski definition) is 1. The van der Waals surface area contributed by atoms with Crippen LogP contribution in [0.4, 0.5) is 0 Å². The molecule has 0 radical (unpaired) electrons. The zero-order valence-electron chi connectivity index (χ0n) is 8.69. The summed E-state index contributed by atoms with van der Waals surface area (Å²) in [6.45, 7) is 0. The van der Waals surface area contributed by atoms with Gasteiger partial charge in [0.05, 0.1) is 6.10 Å². The molecular weight excluding hydrogens is 242 g/mol. The fraction of sp³-hybridized carbons (Fsp3) is 0.417. The van der Waals surface area contributed by atoms with Crippen molar-refractivity contribution < 1.29 is 5.11 Å². The average Bonchev–Trinajstić information content (AvgIpc) is 2.57. The fourth-order valence-electron chi connectivity index (χ4n) is 2.05. The van der Waals surface area contributed by atoms with E-state index in [1.807, 2.05) is 12.1 Å². The van der Waals surface area contributed by atoms with Crippen LogP contribution in [0.1, 0.15) is 30.2 Å². The standard InChI is InChI=1S/C12H12ClNOS/c13-10-5-4-8-6-9(16-12(8)14-10)11(15)7-2-1-3-7/h4-7,11,15H,1-3H2. The van der Waals surface area contributed by atoms with Gasteiger partial charge in [-0.2, -0.15) is 0 Å². The lowest BCUT2D eigenvalue weighted by Crippen LogP contribution is -2.19. The Morgan fingerprint density at radius 1 is 1.44 bits per heavy atom. The molecule has 1 unspecified atom stereocenters. The Hall–Kier alpha value is -0.640. The van der Waals surface area contributed by atoms with Crippen LogP contribution in [-0.2, 0) is 0 Å². The number of pyridine rings is 1. The molecule has 1 fully saturated rings. The highest BCUT2D eigenvalue weighted by Crippen LogP contribution is 2.41. The molecule has 0 amide bonds. The zero-order valence-corrected chi connectivity index (χ0v) is 10.3. The Kier molecular flexibility index (Phi) is 2.62. The second kappa shape index (κ2) is 3.99. The van der Waals surface area contributed by atoms with Gasteiger partial charge in [0.25, 0.3) is 0 Å². The Morgan fingerprint density at radius 2 is 2.25 bits per heavy atom. The third-order valence-corrected chi connectivity index (χ3v) is 4.58. The van der Waals surface area contributed by atoms with Gasteiger partial charge in [-0.1, -0.05) is 18.0 Å². The van der Waals surface area contributed by atoms with Gasteiger partial charge >= 0.3 is 0 Å². The van der Waals surface area contributed by atoms with E-state index in [0.29, 0.717) is 11.1 Å². The molecule has 2 aromatic heterocycles. The van der Waals surface area contributed by atoms with Crippen molar-refractivity contribution in [2.75, 3.05) is 0 Å². The largest absolute Gasteiger partial charge is 0.387 e. The van der Waals surface area contributed by atoms with Gasteiger partial charge in [-0.25, -0.2) is 4.98 Å². The van der Waals surface area contributed by atoms with Crippen molar-refractivity contribution in [2.45, 2.75) is 25.4 Å². The van der Waals surface area contributed by atoms with E-state index < -0.39 is 0 Å². The quantitative estimate of drug-likeness (QED) is 0.827. The summed E-state index contributed by atoms with van der Waals surface area (Å²) in [6.07, 6.45) is 3.22. The molecule has 0 bridgehead atoms. The van der Waals surface area contributed by atoms with Crippen molar-refractivity contribution in [1.29, 1.82) is 0 Å². The number of hydrogen-bond acceptors (Lipinski definition) is 3. The van der Waals surface area contributed by atoms with Gasteiger partial charge in [-0.15, -0.1) is 11.3 Å². The first-order valence-electron chi connectivity index (χ1n) is 5.48. The number of rotatable bonds is 2. The number of halogens is 1. The number of nitrogens with zero attached hydrogens (tertiary/aromatic N) is 1. The minimum absolute atomic E-state index is 0.313. The van der Waals surface area contributed by atoms with Crippen molar-refractivity contribution in [3.63, 3.8) is 0 Å². The normalized spacial score (nSPS) is 18.6. The molecule has 84 valence electrons. The molecule has 4 heteroatoms. The molecule has 1 N–H and O–H groups in total. The number of thiophene rings is 1. The molecule has 3 rings (SSSR count). The average molecular weight is 254 g/mol. The maximum atomic E-state index is 10.2. The molecule has 0 aliphatic heterocycles. The van der Waals surface area contributed by atoms with Crippen LogP contribution < -0.4 is 0 Å². The third kappa shape index (κ3) is 1.73. The molecule has 1 saturated carbocycles. The first kappa shape index (κ1) is 10.5. The van der Waals surface area contributed by atoms with Gasteiger partial charge < -0.3 is 5.11 Å². The summed E-state index contributed by atoms with van der Waals surface area (Å²) in [5, 5.41) is 11.7. The summed E-state index contributed by atoms with van der Waals surface area (Å²) in [6, 6.07) is 5.78. The van der Waals surface area contributed by atoms with Crippen LogP contribution in [0.3, 0.4) is 0 Å². The molecule has 2 nitrogen and oxygen atoms in total. The molecule has 0 aromatic carbocycles. The van der Waals surface area contributed by atoms with Gasteiger partial charge in [0.1, 0.15) is 9.98 Å². The number of fused-ring (bicyclic) bond motifs is 1. The van der Waals surface area contributed by atoms with E-state index in [1.54, 1.807) is 17.4 Å². The van der Waals surface area contributed by atoms with Crippen LogP contribution in [-0.4, -0.2) is 10.1 Å². The predicted molar refractivity (Wildman–Crippen MR) is 66.9 cm³/mol. The summed E-state index contributed by atoms with van der Waals surface area (Å²) in [4.78, 5) is 6.19. The summed E-state index contributed by atoms with van der Waals surface area (Å²) >= 11 is 7.39. The summed E-state index contributed by atoms with van der Waals surface area (Å²) in [5.74, 6) is 0.448. The van der Waals surface area contributed by atoms with Crippen LogP contribution in [0.15, 0.2) is 18.2 Å². The first-order valence-corrected chi connectivity index (χ1v) is 6.67. The molecule has 1 atom stereocenters. The van der Waals surface area contributed by atoms with Crippen molar-refractivity contribution in [2.24, 2.45) is 5.92 Å². The second-order valence-electron chi connectivity index (χ2n) is 4.31. The molecular formula is C12H12ClNOS. The minimum Gasteiger partial charge on any atom is -0.387 e. The highest BCUT2D eigenvalue weighted by Gasteiger charge is 2.28. The highest BCUT2D eigenvalue weighted by atomic mass is 35.5. The summed E-state index contributed by atoms with van der Waals surface area (Å²) in [7, 11) is 0. The maximum absolute atomic E-state index is 10.2. The minimum atomic E-state index is -0.313. The second-order valence-corrected chi connectivity index (χ2v) is 5.76. The van der Waals surface area contributed by atoms with Crippen LogP contribution in [0.5, 0.6) is 0 Å². The molecule has 2 aromatic rings. The van der Waals surface area contributed by atoms with E-state index in [0.717, 1.165) is 27.9 Å². The zero-order chi connectivity index (χ0) is 11.1. The monoisotopic (exact) mass is 253 g/mol. The highest BCUT2D eigenvalue weighted by molar-refractivity contribution is 7.18. The SMILES string of the molecule is OC(c1cc2ccc(Cl)nc2s1)C1CCC1. The van der Waals surface area contributed by atoms with E-state index in [2.05, 4.69) is 4.98 Å². The van der Waals surface area contributed by atoms with Gasteiger partial charge in [0.15, 0.2) is 0 Å². The van der Waals surface area contributed by atoms with Crippen molar-refractivity contribution in [1.82, 2.24) is 4.98 Å². The first-order chi connectivity index (χ1) is 7.74. The molecule has 1 aliphatic rings. The van der Waals surface area contributed by atoms with Crippen molar-refractivity contribution in [3.8, 4) is 0 Å². The lowest BCUT2D eigenvalue weighted by Gasteiger charge is -2.29. The van der Waals surface area contributed by atoms with E-state index >= 15 is 0 Å². The van der Waals surface area contributed by atoms with Crippen LogP contribution >= 0.6 is 22.9 Å². The number of aliphatic hydroxyl groups is 1. The molecule has 1 aliphatic carbocycles. The Bertz CT molecular complexity index is 521. The lowest BCUT2D eigenvalue weighted by molar-refractivity contribution is 0.0650. The Labute approximate surface area is 103 Å².